The van der Waals surface area contributed by atoms with E-state index in [2.05, 4.69) is 15.4 Å². The standard InChI is InChI=1S/C16H11F3N4/c17-16(18,19)14-8-6-13(7-9-14)15-20-22-23(21-15)11-10-12-4-2-1-3-5-12/h1-11H/b11-10+. The van der Waals surface area contributed by atoms with Gasteiger partial charge in [0.15, 0.2) is 0 Å². The van der Waals surface area contributed by atoms with E-state index in [0.717, 1.165) is 17.7 Å². The van der Waals surface area contributed by atoms with Crippen LogP contribution in [0.3, 0.4) is 0 Å². The summed E-state index contributed by atoms with van der Waals surface area (Å²) in [7, 11) is 0. The third kappa shape index (κ3) is 3.63. The molecule has 1 aromatic heterocycles. The first-order valence-electron chi connectivity index (χ1n) is 6.73. The molecule has 0 unspecified atom stereocenters. The van der Waals surface area contributed by atoms with Crippen molar-refractivity contribution in [2.24, 2.45) is 0 Å². The van der Waals surface area contributed by atoms with Crippen molar-refractivity contribution >= 4 is 12.3 Å². The maximum absolute atomic E-state index is 12.5. The second-order valence-corrected chi connectivity index (χ2v) is 4.73. The molecule has 0 N–H and O–H groups in total. The molecule has 0 radical (unpaired) electrons. The molecule has 2 aromatic carbocycles. The average molecular weight is 316 g/mol. The van der Waals surface area contributed by atoms with Crippen molar-refractivity contribution in [2.45, 2.75) is 6.18 Å². The molecule has 0 saturated heterocycles. The number of rotatable bonds is 3. The lowest BCUT2D eigenvalue weighted by Crippen LogP contribution is -2.04. The smallest absolute Gasteiger partial charge is 0.166 e. The van der Waals surface area contributed by atoms with Gasteiger partial charge >= 0.3 is 6.18 Å². The summed E-state index contributed by atoms with van der Waals surface area (Å²) in [6, 6.07) is 14.2. The highest BCUT2D eigenvalue weighted by molar-refractivity contribution is 5.60. The van der Waals surface area contributed by atoms with E-state index in [0.29, 0.717) is 5.56 Å². The van der Waals surface area contributed by atoms with Gasteiger partial charge in [-0.25, -0.2) is 0 Å². The molecule has 4 nitrogen and oxygen atoms in total. The zero-order chi connectivity index (χ0) is 16.3. The van der Waals surface area contributed by atoms with Gasteiger partial charge in [-0.1, -0.05) is 42.5 Å². The number of hydrogen-bond donors (Lipinski definition) is 0. The molecule has 0 aliphatic carbocycles. The Bertz CT molecular complexity index is 805. The number of halogens is 3. The molecule has 116 valence electrons. The zero-order valence-corrected chi connectivity index (χ0v) is 11.8. The Hall–Kier alpha value is -2.96. The summed E-state index contributed by atoms with van der Waals surface area (Å²) in [6.07, 6.45) is -0.934. The van der Waals surface area contributed by atoms with E-state index in [-0.39, 0.29) is 5.82 Å². The second-order valence-electron chi connectivity index (χ2n) is 4.73. The van der Waals surface area contributed by atoms with E-state index < -0.39 is 11.7 Å². The highest BCUT2D eigenvalue weighted by atomic mass is 19.4. The lowest BCUT2D eigenvalue weighted by Gasteiger charge is -2.05. The van der Waals surface area contributed by atoms with Crippen LogP contribution < -0.4 is 0 Å². The van der Waals surface area contributed by atoms with Crippen molar-refractivity contribution in [3.63, 3.8) is 0 Å². The molecule has 0 saturated carbocycles. The monoisotopic (exact) mass is 316 g/mol. The SMILES string of the molecule is FC(F)(F)c1ccc(-c2nnn(/C=C/c3ccccc3)n2)cc1. The Balaban J connectivity index is 1.78. The second kappa shape index (κ2) is 6.04. The number of alkyl halides is 3. The van der Waals surface area contributed by atoms with Gasteiger partial charge < -0.3 is 0 Å². The highest BCUT2D eigenvalue weighted by Gasteiger charge is 2.30. The molecule has 0 bridgehead atoms. The fourth-order valence-corrected chi connectivity index (χ4v) is 1.93. The summed E-state index contributed by atoms with van der Waals surface area (Å²) >= 11 is 0. The maximum atomic E-state index is 12.5. The molecule has 0 spiro atoms. The first-order chi connectivity index (χ1) is 11.0. The van der Waals surface area contributed by atoms with Crippen molar-refractivity contribution in [2.75, 3.05) is 0 Å². The molecular formula is C16H11F3N4. The van der Waals surface area contributed by atoms with Gasteiger partial charge in [0.1, 0.15) is 0 Å². The minimum absolute atomic E-state index is 0.261. The van der Waals surface area contributed by atoms with Crippen LogP contribution in [0.25, 0.3) is 23.7 Å². The summed E-state index contributed by atoms with van der Waals surface area (Å²) in [6.45, 7) is 0. The number of tetrazole rings is 1. The van der Waals surface area contributed by atoms with E-state index in [1.54, 1.807) is 12.3 Å². The van der Waals surface area contributed by atoms with Crippen LogP contribution in [0.2, 0.25) is 0 Å². The number of benzene rings is 2. The van der Waals surface area contributed by atoms with Crippen LogP contribution in [0.4, 0.5) is 13.2 Å². The van der Waals surface area contributed by atoms with Crippen LogP contribution in [0.1, 0.15) is 11.1 Å². The van der Waals surface area contributed by atoms with Crippen LogP contribution in [-0.4, -0.2) is 20.2 Å². The number of nitrogens with zero attached hydrogens (tertiary/aromatic N) is 4. The molecule has 23 heavy (non-hydrogen) atoms. The van der Waals surface area contributed by atoms with E-state index in [1.807, 2.05) is 30.3 Å². The van der Waals surface area contributed by atoms with Crippen molar-refractivity contribution < 1.29 is 13.2 Å². The molecule has 0 atom stereocenters. The Labute approximate surface area is 129 Å². The first-order valence-corrected chi connectivity index (χ1v) is 6.73. The maximum Gasteiger partial charge on any atom is 0.416 e. The van der Waals surface area contributed by atoms with Crippen molar-refractivity contribution in [3.8, 4) is 11.4 Å². The molecule has 1 heterocycles. The minimum atomic E-state index is -4.36. The Kier molecular flexibility index (Phi) is 3.92. The minimum Gasteiger partial charge on any atom is -0.166 e. The number of aromatic nitrogens is 4. The van der Waals surface area contributed by atoms with Crippen molar-refractivity contribution in [3.05, 3.63) is 65.7 Å². The molecule has 3 rings (SSSR count). The molecule has 0 amide bonds. The van der Waals surface area contributed by atoms with Crippen LogP contribution >= 0.6 is 0 Å². The van der Waals surface area contributed by atoms with Gasteiger partial charge in [-0.05, 0) is 29.0 Å². The lowest BCUT2D eigenvalue weighted by atomic mass is 10.1. The van der Waals surface area contributed by atoms with E-state index in [9.17, 15) is 13.2 Å². The van der Waals surface area contributed by atoms with Gasteiger partial charge in [0.2, 0.25) is 5.82 Å². The van der Waals surface area contributed by atoms with Gasteiger partial charge in [0.05, 0.1) is 11.8 Å². The summed E-state index contributed by atoms with van der Waals surface area (Å²) in [5.74, 6) is 0.261. The summed E-state index contributed by atoms with van der Waals surface area (Å²) in [5, 5.41) is 11.8. The first kappa shape index (κ1) is 15.0. The van der Waals surface area contributed by atoms with Gasteiger partial charge in [-0.15, -0.1) is 15.0 Å². The summed E-state index contributed by atoms with van der Waals surface area (Å²) in [5.41, 5.74) is 0.732. The largest absolute Gasteiger partial charge is 0.416 e. The Morgan fingerprint density at radius 1 is 0.913 bits per heavy atom. The van der Waals surface area contributed by atoms with Crippen molar-refractivity contribution in [1.82, 2.24) is 20.2 Å². The van der Waals surface area contributed by atoms with Gasteiger partial charge in [0, 0.05) is 5.56 Å². The molecule has 0 fully saturated rings. The van der Waals surface area contributed by atoms with Gasteiger partial charge in [-0.3, -0.25) is 0 Å². The van der Waals surface area contributed by atoms with Crippen LogP contribution in [-0.2, 0) is 6.18 Å². The molecule has 3 aromatic rings. The van der Waals surface area contributed by atoms with Gasteiger partial charge in [0.25, 0.3) is 0 Å². The molecule has 7 heteroatoms. The van der Waals surface area contributed by atoms with Crippen LogP contribution in [0, 0.1) is 0 Å². The van der Waals surface area contributed by atoms with Gasteiger partial charge in [-0.2, -0.15) is 13.2 Å². The Morgan fingerprint density at radius 2 is 1.61 bits per heavy atom. The number of hydrogen-bond acceptors (Lipinski definition) is 3. The zero-order valence-electron chi connectivity index (χ0n) is 11.8. The lowest BCUT2D eigenvalue weighted by molar-refractivity contribution is -0.137. The third-order valence-corrected chi connectivity index (χ3v) is 3.10. The Morgan fingerprint density at radius 3 is 2.26 bits per heavy atom. The van der Waals surface area contributed by atoms with E-state index >= 15 is 0 Å². The molecule has 0 aliphatic heterocycles. The third-order valence-electron chi connectivity index (χ3n) is 3.10. The summed E-state index contributed by atoms with van der Waals surface area (Å²) < 4.78 is 37.6. The predicted molar refractivity (Wildman–Crippen MR) is 79.9 cm³/mol. The fraction of sp³-hybridized carbons (Fsp3) is 0.0625. The van der Waals surface area contributed by atoms with E-state index in [1.165, 1.54) is 16.9 Å². The highest BCUT2D eigenvalue weighted by Crippen LogP contribution is 2.30. The van der Waals surface area contributed by atoms with Crippen molar-refractivity contribution in [1.29, 1.82) is 0 Å². The quantitative estimate of drug-likeness (QED) is 0.734. The molecule has 0 aliphatic rings. The van der Waals surface area contributed by atoms with Crippen LogP contribution in [0.5, 0.6) is 0 Å². The molecular weight excluding hydrogens is 305 g/mol. The average Bonchev–Trinajstić information content (AvgIpc) is 3.02. The van der Waals surface area contributed by atoms with Crippen LogP contribution in [0.15, 0.2) is 54.6 Å². The summed E-state index contributed by atoms with van der Waals surface area (Å²) in [4.78, 5) is 1.26. The normalized spacial score (nSPS) is 12.0. The topological polar surface area (TPSA) is 43.6 Å². The van der Waals surface area contributed by atoms with E-state index in [4.69, 9.17) is 0 Å². The fourth-order valence-electron chi connectivity index (χ4n) is 1.93. The predicted octanol–water partition coefficient (Wildman–Crippen LogP) is 3.99.